The lowest BCUT2D eigenvalue weighted by Gasteiger charge is -2.24. The van der Waals surface area contributed by atoms with Gasteiger partial charge in [-0.3, -0.25) is 4.79 Å². The number of aliphatic carboxylic acids is 1. The Bertz CT molecular complexity index is 596. The predicted octanol–water partition coefficient (Wildman–Crippen LogP) is 1.93. The van der Waals surface area contributed by atoms with Gasteiger partial charge in [0.1, 0.15) is 13.1 Å². The summed E-state index contributed by atoms with van der Waals surface area (Å²) in [4.78, 5) is 11.2. The lowest BCUT2D eigenvalue weighted by Crippen LogP contribution is -2.37. The molecule has 0 atom stereocenters. The number of benzene rings is 1. The Labute approximate surface area is 119 Å². The van der Waals surface area contributed by atoms with Crippen molar-refractivity contribution in [2.45, 2.75) is 18.0 Å². The Balaban J connectivity index is 3.06. The van der Waals surface area contributed by atoms with Crippen molar-refractivity contribution in [2.24, 2.45) is 0 Å². The zero-order valence-corrected chi connectivity index (χ0v) is 11.9. The Kier molecular flexibility index (Phi) is 5.21. The van der Waals surface area contributed by atoms with Crippen LogP contribution in [0.25, 0.3) is 0 Å². The molecule has 0 aliphatic rings. The maximum absolute atomic E-state index is 12.4. The number of carboxylic acid groups (broad SMARTS) is 1. The zero-order valence-electron chi connectivity index (χ0n) is 11.1. The maximum atomic E-state index is 12.4. The first-order valence-electron chi connectivity index (χ1n) is 5.91. The molecule has 1 rings (SSSR count). The van der Waals surface area contributed by atoms with Gasteiger partial charge >= 0.3 is 12.1 Å². The van der Waals surface area contributed by atoms with Crippen LogP contribution in [0.2, 0.25) is 0 Å². The highest BCUT2D eigenvalue weighted by atomic mass is 32.2. The second-order valence-electron chi connectivity index (χ2n) is 4.26. The van der Waals surface area contributed by atoms with Crippen molar-refractivity contribution in [3.8, 4) is 0 Å². The van der Waals surface area contributed by atoms with Gasteiger partial charge in [-0.05, 0) is 24.3 Å². The van der Waals surface area contributed by atoms with Gasteiger partial charge < -0.3 is 10.0 Å². The fourth-order valence-corrected chi connectivity index (χ4v) is 2.53. The van der Waals surface area contributed by atoms with E-state index < -0.39 is 35.1 Å². The van der Waals surface area contributed by atoms with Gasteiger partial charge in [0.2, 0.25) is 0 Å². The summed E-state index contributed by atoms with van der Waals surface area (Å²) in [5.74, 6) is -1.54. The molecule has 1 aromatic rings. The van der Waals surface area contributed by atoms with E-state index in [9.17, 15) is 26.4 Å². The Morgan fingerprint density at radius 2 is 1.76 bits per heavy atom. The molecule has 0 saturated carbocycles. The molecule has 118 valence electrons. The summed E-state index contributed by atoms with van der Waals surface area (Å²) in [6.07, 6.45) is -4.57. The maximum Gasteiger partial charge on any atom is 0.405 e. The van der Waals surface area contributed by atoms with Crippen LogP contribution < -0.4 is 4.90 Å². The molecular formula is C12H14F3NO4S. The molecule has 0 aromatic heterocycles. The van der Waals surface area contributed by atoms with Gasteiger partial charge in [-0.2, -0.15) is 13.2 Å². The molecule has 1 aromatic carbocycles. The average molecular weight is 325 g/mol. The molecule has 0 unspecified atom stereocenters. The zero-order chi connectivity index (χ0) is 16.3. The Morgan fingerprint density at radius 3 is 2.14 bits per heavy atom. The molecular weight excluding hydrogens is 311 g/mol. The fraction of sp³-hybridized carbons (Fsp3) is 0.417. The number of hydrogen-bond acceptors (Lipinski definition) is 4. The number of sulfone groups is 1. The van der Waals surface area contributed by atoms with Crippen molar-refractivity contribution in [1.29, 1.82) is 0 Å². The summed E-state index contributed by atoms with van der Waals surface area (Å²) in [6.45, 7) is -0.817. The van der Waals surface area contributed by atoms with Crippen LogP contribution in [-0.4, -0.2) is 44.5 Å². The van der Waals surface area contributed by atoms with Crippen LogP contribution in [0.15, 0.2) is 29.2 Å². The molecule has 0 aliphatic carbocycles. The second kappa shape index (κ2) is 6.33. The molecule has 5 nitrogen and oxygen atoms in total. The van der Waals surface area contributed by atoms with E-state index in [1.807, 2.05) is 0 Å². The quantitative estimate of drug-likeness (QED) is 0.865. The Hall–Kier alpha value is -1.77. The molecule has 0 amide bonds. The molecule has 1 N–H and O–H groups in total. The van der Waals surface area contributed by atoms with Gasteiger partial charge in [0.25, 0.3) is 0 Å². The smallest absolute Gasteiger partial charge is 0.405 e. The fourth-order valence-electron chi connectivity index (χ4n) is 1.65. The molecule has 0 bridgehead atoms. The number of rotatable bonds is 6. The van der Waals surface area contributed by atoms with Crippen LogP contribution in [0.5, 0.6) is 0 Å². The van der Waals surface area contributed by atoms with E-state index >= 15 is 0 Å². The summed E-state index contributed by atoms with van der Waals surface area (Å²) < 4.78 is 60.5. The van der Waals surface area contributed by atoms with Crippen LogP contribution in [0.1, 0.15) is 6.92 Å². The van der Waals surface area contributed by atoms with Crippen molar-refractivity contribution in [3.05, 3.63) is 24.3 Å². The standard InChI is InChI=1S/C12H14F3NO4S/c1-2-21(19,20)10-5-3-9(4-6-10)16(7-11(17)18)8-12(13,14)15/h3-6H,2,7-8H2,1H3,(H,17,18). The summed E-state index contributed by atoms with van der Waals surface area (Å²) in [7, 11) is -3.46. The minimum absolute atomic E-state index is 0.00946. The lowest BCUT2D eigenvalue weighted by atomic mass is 10.3. The second-order valence-corrected chi connectivity index (χ2v) is 6.54. The van der Waals surface area contributed by atoms with E-state index in [2.05, 4.69) is 0 Å². The summed E-state index contributed by atoms with van der Waals surface area (Å²) >= 11 is 0. The SMILES string of the molecule is CCS(=O)(=O)c1ccc(N(CC(=O)O)CC(F)(F)F)cc1. The minimum Gasteiger partial charge on any atom is -0.480 e. The van der Waals surface area contributed by atoms with E-state index in [-0.39, 0.29) is 16.3 Å². The highest BCUT2D eigenvalue weighted by molar-refractivity contribution is 7.91. The lowest BCUT2D eigenvalue weighted by molar-refractivity contribution is -0.136. The number of carboxylic acids is 1. The van der Waals surface area contributed by atoms with Crippen LogP contribution in [0.3, 0.4) is 0 Å². The minimum atomic E-state index is -4.57. The van der Waals surface area contributed by atoms with Crippen LogP contribution in [0, 0.1) is 0 Å². The predicted molar refractivity (Wildman–Crippen MR) is 70.1 cm³/mol. The molecule has 21 heavy (non-hydrogen) atoms. The van der Waals surface area contributed by atoms with Crippen LogP contribution in [-0.2, 0) is 14.6 Å². The first-order valence-corrected chi connectivity index (χ1v) is 7.56. The highest BCUT2D eigenvalue weighted by Gasteiger charge is 2.31. The normalized spacial score (nSPS) is 12.2. The number of nitrogens with zero attached hydrogens (tertiary/aromatic N) is 1. The number of anilines is 1. The summed E-state index contributed by atoms with van der Waals surface area (Å²) in [6, 6.07) is 4.66. The molecule has 9 heteroatoms. The van der Waals surface area contributed by atoms with Crippen LogP contribution in [0.4, 0.5) is 18.9 Å². The van der Waals surface area contributed by atoms with Crippen LogP contribution >= 0.6 is 0 Å². The molecule has 0 heterocycles. The summed E-state index contributed by atoms with van der Waals surface area (Å²) in [5, 5.41) is 8.66. The third-order valence-electron chi connectivity index (χ3n) is 2.64. The van der Waals surface area contributed by atoms with Gasteiger partial charge in [0.05, 0.1) is 10.6 Å². The number of halogens is 3. The molecule has 0 fully saturated rings. The van der Waals surface area contributed by atoms with Gasteiger partial charge in [-0.15, -0.1) is 0 Å². The van der Waals surface area contributed by atoms with Gasteiger partial charge in [-0.25, -0.2) is 8.42 Å². The molecule has 0 saturated heterocycles. The van der Waals surface area contributed by atoms with Crippen molar-refractivity contribution in [2.75, 3.05) is 23.7 Å². The summed E-state index contributed by atoms with van der Waals surface area (Å²) in [5.41, 5.74) is -0.00946. The van der Waals surface area contributed by atoms with Crippen molar-refractivity contribution in [3.63, 3.8) is 0 Å². The number of hydrogen-bond donors (Lipinski definition) is 1. The monoisotopic (exact) mass is 325 g/mol. The van der Waals surface area contributed by atoms with E-state index in [4.69, 9.17) is 5.11 Å². The van der Waals surface area contributed by atoms with E-state index in [1.165, 1.54) is 19.1 Å². The first-order chi connectivity index (χ1) is 9.55. The molecule has 0 radical (unpaired) electrons. The van der Waals surface area contributed by atoms with Crippen molar-refractivity contribution in [1.82, 2.24) is 0 Å². The van der Waals surface area contributed by atoms with E-state index in [0.717, 1.165) is 12.1 Å². The third kappa shape index (κ3) is 5.25. The highest BCUT2D eigenvalue weighted by Crippen LogP contribution is 2.23. The van der Waals surface area contributed by atoms with Gasteiger partial charge in [-0.1, -0.05) is 6.92 Å². The van der Waals surface area contributed by atoms with Crippen molar-refractivity contribution >= 4 is 21.5 Å². The molecule has 0 spiro atoms. The topological polar surface area (TPSA) is 74.7 Å². The van der Waals surface area contributed by atoms with E-state index in [0.29, 0.717) is 4.90 Å². The Morgan fingerprint density at radius 1 is 1.24 bits per heavy atom. The third-order valence-corrected chi connectivity index (χ3v) is 4.39. The largest absolute Gasteiger partial charge is 0.480 e. The molecule has 0 aliphatic heterocycles. The first kappa shape index (κ1) is 17.3. The average Bonchev–Trinajstić information content (AvgIpc) is 2.36. The van der Waals surface area contributed by atoms with Gasteiger partial charge in [0, 0.05) is 5.69 Å². The van der Waals surface area contributed by atoms with Gasteiger partial charge in [0.15, 0.2) is 9.84 Å². The van der Waals surface area contributed by atoms with E-state index in [1.54, 1.807) is 0 Å². The van der Waals surface area contributed by atoms with Crippen molar-refractivity contribution < 1.29 is 31.5 Å². The number of alkyl halides is 3. The number of carbonyl (C=O) groups is 1.